The van der Waals surface area contributed by atoms with Crippen molar-refractivity contribution >= 4 is 6.03 Å². The highest BCUT2D eigenvalue weighted by atomic mass is 16.5. The Balaban J connectivity index is 1.79. The van der Waals surface area contributed by atoms with Crippen molar-refractivity contribution < 1.29 is 9.53 Å². The fraction of sp³-hybridized carbons (Fsp3) is 0.647. The number of H-pyrrole nitrogens is 1. The summed E-state index contributed by atoms with van der Waals surface area (Å²) >= 11 is 0. The fourth-order valence-electron chi connectivity index (χ4n) is 2.63. The second kappa shape index (κ2) is 8.60. The fourth-order valence-corrected chi connectivity index (χ4v) is 2.63. The van der Waals surface area contributed by atoms with E-state index in [0.717, 1.165) is 12.8 Å². The quantitative estimate of drug-likeness (QED) is 0.753. The molecule has 0 spiro atoms. The number of urea groups is 1. The van der Waals surface area contributed by atoms with Crippen molar-refractivity contribution in [2.45, 2.75) is 58.5 Å². The van der Waals surface area contributed by atoms with Gasteiger partial charge in [-0.15, -0.1) is 0 Å². The van der Waals surface area contributed by atoms with Crippen molar-refractivity contribution in [1.82, 2.24) is 15.6 Å². The second-order valence-corrected chi connectivity index (χ2v) is 6.55. The SMILES string of the molecule is CC(C)COc1c[nH]c(CNC(=O)NC2CCCCC2)cc1=O. The van der Waals surface area contributed by atoms with Crippen LogP contribution in [0.25, 0.3) is 0 Å². The number of hydrogen-bond donors (Lipinski definition) is 3. The summed E-state index contributed by atoms with van der Waals surface area (Å²) in [6.07, 6.45) is 7.26. The van der Waals surface area contributed by atoms with Gasteiger partial charge < -0.3 is 20.4 Å². The van der Waals surface area contributed by atoms with Crippen LogP contribution in [0.2, 0.25) is 0 Å². The van der Waals surface area contributed by atoms with Crippen LogP contribution < -0.4 is 20.8 Å². The second-order valence-electron chi connectivity index (χ2n) is 6.55. The molecule has 0 atom stereocenters. The molecule has 6 nitrogen and oxygen atoms in total. The first-order valence-corrected chi connectivity index (χ1v) is 8.43. The molecule has 2 rings (SSSR count). The monoisotopic (exact) mass is 321 g/mol. The molecule has 1 aliphatic carbocycles. The van der Waals surface area contributed by atoms with Gasteiger partial charge in [-0.05, 0) is 18.8 Å². The van der Waals surface area contributed by atoms with Gasteiger partial charge in [-0.1, -0.05) is 33.1 Å². The molecule has 23 heavy (non-hydrogen) atoms. The van der Waals surface area contributed by atoms with Crippen molar-refractivity contribution in [1.29, 1.82) is 0 Å². The maximum atomic E-state index is 11.9. The number of ether oxygens (including phenoxy) is 1. The Kier molecular flexibility index (Phi) is 6.50. The van der Waals surface area contributed by atoms with Crippen LogP contribution in [0.1, 0.15) is 51.6 Å². The van der Waals surface area contributed by atoms with Gasteiger partial charge >= 0.3 is 6.03 Å². The number of carbonyl (C=O) groups is 1. The van der Waals surface area contributed by atoms with Gasteiger partial charge in [0, 0.05) is 24.0 Å². The number of nitrogens with one attached hydrogen (secondary N) is 3. The van der Waals surface area contributed by atoms with Crippen LogP contribution in [0.5, 0.6) is 5.75 Å². The maximum Gasteiger partial charge on any atom is 0.315 e. The Hall–Kier alpha value is -1.98. The molecule has 0 saturated heterocycles. The molecule has 2 amide bonds. The van der Waals surface area contributed by atoms with Gasteiger partial charge in [0.2, 0.25) is 5.43 Å². The van der Waals surface area contributed by atoms with E-state index in [2.05, 4.69) is 15.6 Å². The summed E-state index contributed by atoms with van der Waals surface area (Å²) in [5.74, 6) is 0.674. The largest absolute Gasteiger partial charge is 0.488 e. The lowest BCUT2D eigenvalue weighted by molar-refractivity contribution is 0.232. The van der Waals surface area contributed by atoms with E-state index in [-0.39, 0.29) is 24.0 Å². The topological polar surface area (TPSA) is 83.2 Å². The predicted octanol–water partition coefficient (Wildman–Crippen LogP) is 2.54. The molecule has 6 heteroatoms. The highest BCUT2D eigenvalue weighted by Crippen LogP contribution is 2.17. The Morgan fingerprint density at radius 1 is 1.35 bits per heavy atom. The van der Waals surface area contributed by atoms with Crippen molar-refractivity contribution in [2.75, 3.05) is 6.61 Å². The molecule has 128 valence electrons. The van der Waals surface area contributed by atoms with E-state index in [4.69, 9.17) is 4.74 Å². The number of amides is 2. The summed E-state index contributed by atoms with van der Waals surface area (Å²) in [7, 11) is 0. The zero-order chi connectivity index (χ0) is 16.7. The number of aromatic amines is 1. The molecule has 1 aromatic heterocycles. The van der Waals surface area contributed by atoms with Crippen LogP contribution in [0.15, 0.2) is 17.1 Å². The van der Waals surface area contributed by atoms with Crippen molar-refractivity contribution in [3.8, 4) is 5.75 Å². The first kappa shape index (κ1) is 17.4. The molecule has 3 N–H and O–H groups in total. The Morgan fingerprint density at radius 2 is 2.09 bits per heavy atom. The van der Waals surface area contributed by atoms with E-state index in [1.54, 1.807) is 6.20 Å². The van der Waals surface area contributed by atoms with E-state index >= 15 is 0 Å². The van der Waals surface area contributed by atoms with Crippen LogP contribution in [0.3, 0.4) is 0 Å². The molecular formula is C17H27N3O3. The Labute approximate surface area is 137 Å². The molecule has 1 saturated carbocycles. The predicted molar refractivity (Wildman–Crippen MR) is 89.6 cm³/mol. The lowest BCUT2D eigenvalue weighted by Crippen LogP contribution is -2.42. The zero-order valence-electron chi connectivity index (χ0n) is 14.0. The van der Waals surface area contributed by atoms with Gasteiger partial charge in [0.25, 0.3) is 0 Å². The van der Waals surface area contributed by atoms with Gasteiger partial charge in [-0.25, -0.2) is 4.79 Å². The lowest BCUT2D eigenvalue weighted by atomic mass is 9.96. The lowest BCUT2D eigenvalue weighted by Gasteiger charge is -2.22. The van der Waals surface area contributed by atoms with Gasteiger partial charge in [0.05, 0.1) is 13.2 Å². The van der Waals surface area contributed by atoms with Crippen LogP contribution in [-0.4, -0.2) is 23.7 Å². The summed E-state index contributed by atoms with van der Waals surface area (Å²) in [4.78, 5) is 26.8. The van der Waals surface area contributed by atoms with Gasteiger partial charge in [-0.3, -0.25) is 4.79 Å². The van der Waals surface area contributed by atoms with Gasteiger partial charge in [0.1, 0.15) is 0 Å². The molecule has 0 radical (unpaired) electrons. The summed E-state index contributed by atoms with van der Waals surface area (Å²) in [5.41, 5.74) is 0.486. The standard InChI is InChI=1S/C17H27N3O3/c1-12(2)11-23-16-10-18-14(8-15(16)21)9-19-17(22)20-13-6-4-3-5-7-13/h8,10,12-13H,3-7,9,11H2,1-2H3,(H,18,21)(H2,19,20,22). The zero-order valence-corrected chi connectivity index (χ0v) is 14.0. The number of hydrogen-bond acceptors (Lipinski definition) is 3. The number of pyridine rings is 1. The van der Waals surface area contributed by atoms with E-state index in [9.17, 15) is 9.59 Å². The average Bonchev–Trinajstić information content (AvgIpc) is 2.53. The third kappa shape index (κ3) is 5.96. The molecule has 0 aliphatic heterocycles. The molecule has 1 aliphatic rings. The van der Waals surface area contributed by atoms with Crippen LogP contribution >= 0.6 is 0 Å². The number of rotatable bonds is 6. The van der Waals surface area contributed by atoms with Crippen LogP contribution in [0.4, 0.5) is 4.79 Å². The first-order chi connectivity index (χ1) is 11.0. The summed E-state index contributed by atoms with van der Waals surface area (Å²) < 4.78 is 5.44. The first-order valence-electron chi connectivity index (χ1n) is 8.43. The maximum absolute atomic E-state index is 11.9. The molecular weight excluding hydrogens is 294 g/mol. The average molecular weight is 321 g/mol. The van der Waals surface area contributed by atoms with Crippen molar-refractivity contribution in [3.05, 3.63) is 28.2 Å². The highest BCUT2D eigenvalue weighted by molar-refractivity contribution is 5.74. The number of aromatic nitrogens is 1. The molecule has 0 aromatic carbocycles. The minimum absolute atomic E-state index is 0.172. The van der Waals surface area contributed by atoms with Gasteiger partial charge in [-0.2, -0.15) is 0 Å². The molecule has 0 unspecified atom stereocenters. The summed E-state index contributed by atoms with van der Waals surface area (Å²) in [5, 5.41) is 5.76. The highest BCUT2D eigenvalue weighted by Gasteiger charge is 2.15. The van der Waals surface area contributed by atoms with Crippen LogP contribution in [-0.2, 0) is 6.54 Å². The number of carbonyl (C=O) groups excluding carboxylic acids is 1. The van der Waals surface area contributed by atoms with Crippen molar-refractivity contribution in [3.63, 3.8) is 0 Å². The van der Waals surface area contributed by atoms with E-state index in [0.29, 0.717) is 24.0 Å². The van der Waals surface area contributed by atoms with E-state index in [1.807, 2.05) is 13.8 Å². The molecule has 1 fully saturated rings. The molecule has 0 bridgehead atoms. The Bertz CT molecular complexity index is 562. The Morgan fingerprint density at radius 3 is 2.74 bits per heavy atom. The van der Waals surface area contributed by atoms with Crippen molar-refractivity contribution in [2.24, 2.45) is 5.92 Å². The van der Waals surface area contributed by atoms with Gasteiger partial charge in [0.15, 0.2) is 5.75 Å². The normalized spacial score (nSPS) is 15.4. The third-order valence-electron chi connectivity index (χ3n) is 3.89. The minimum Gasteiger partial charge on any atom is -0.488 e. The summed E-state index contributed by atoms with van der Waals surface area (Å²) in [6.45, 7) is 4.84. The minimum atomic E-state index is -0.183. The van der Waals surface area contributed by atoms with Crippen LogP contribution in [0, 0.1) is 5.92 Å². The van der Waals surface area contributed by atoms with E-state index < -0.39 is 0 Å². The summed E-state index contributed by atoms with van der Waals surface area (Å²) in [6, 6.07) is 1.56. The molecule has 1 aromatic rings. The third-order valence-corrected chi connectivity index (χ3v) is 3.89. The van der Waals surface area contributed by atoms with E-state index in [1.165, 1.54) is 25.3 Å². The molecule has 1 heterocycles. The smallest absolute Gasteiger partial charge is 0.315 e.